The van der Waals surface area contributed by atoms with Crippen LogP contribution >= 0.6 is 0 Å². The molecule has 1 aromatic carbocycles. The summed E-state index contributed by atoms with van der Waals surface area (Å²) < 4.78 is 0. The Bertz CT molecular complexity index is 850. The summed E-state index contributed by atoms with van der Waals surface area (Å²) in [6.07, 6.45) is 4.12. The van der Waals surface area contributed by atoms with Crippen molar-refractivity contribution in [1.29, 1.82) is 0 Å². The van der Waals surface area contributed by atoms with E-state index in [9.17, 15) is 9.59 Å². The maximum absolute atomic E-state index is 12.8. The van der Waals surface area contributed by atoms with Gasteiger partial charge in [-0.25, -0.2) is 0 Å². The van der Waals surface area contributed by atoms with Crippen LogP contribution in [0.1, 0.15) is 42.5 Å². The second-order valence-electron chi connectivity index (χ2n) is 7.86. The minimum atomic E-state index is -0.250. The van der Waals surface area contributed by atoms with Gasteiger partial charge in [0.25, 0.3) is 12.4 Å². The van der Waals surface area contributed by atoms with Crippen LogP contribution in [0.15, 0.2) is 24.3 Å². The molecule has 1 aliphatic rings. The van der Waals surface area contributed by atoms with Crippen molar-refractivity contribution in [2.24, 2.45) is 5.92 Å². The average molecular weight is 446 g/mol. The van der Waals surface area contributed by atoms with E-state index in [2.05, 4.69) is 36.2 Å². The molecule has 11 nitrogen and oxygen atoms in total. The third-order valence-electron chi connectivity index (χ3n) is 5.27. The molecule has 11 heteroatoms. The van der Waals surface area contributed by atoms with E-state index in [1.807, 2.05) is 26.2 Å². The fraction of sp³-hybridized carbons (Fsp3) is 0.524. The maximum atomic E-state index is 12.8. The van der Waals surface area contributed by atoms with Crippen molar-refractivity contribution in [3.05, 3.63) is 29.8 Å². The molecule has 0 atom stereocenters. The van der Waals surface area contributed by atoms with Gasteiger partial charge in [-0.2, -0.15) is 5.21 Å². The zero-order valence-corrected chi connectivity index (χ0v) is 18.5. The van der Waals surface area contributed by atoms with Gasteiger partial charge in [-0.05, 0) is 64.0 Å². The Morgan fingerprint density at radius 2 is 1.91 bits per heavy atom. The number of carboxylic acid groups (broad SMARTS) is 1. The van der Waals surface area contributed by atoms with Crippen LogP contribution in [0.4, 0.5) is 0 Å². The maximum Gasteiger partial charge on any atom is 0.290 e. The van der Waals surface area contributed by atoms with Gasteiger partial charge in [0, 0.05) is 24.1 Å². The van der Waals surface area contributed by atoms with Gasteiger partial charge >= 0.3 is 0 Å². The van der Waals surface area contributed by atoms with Crippen LogP contribution in [0, 0.1) is 5.92 Å². The number of aromatic nitrogens is 4. The Kier molecular flexibility index (Phi) is 10.2. The van der Waals surface area contributed by atoms with Gasteiger partial charge in [-0.1, -0.05) is 18.2 Å². The molecular weight excluding hydrogens is 414 g/mol. The summed E-state index contributed by atoms with van der Waals surface area (Å²) in [5, 5.41) is 26.9. The third-order valence-corrected chi connectivity index (χ3v) is 5.27. The van der Waals surface area contributed by atoms with Gasteiger partial charge < -0.3 is 20.6 Å². The lowest BCUT2D eigenvalue weighted by atomic mass is 9.85. The van der Waals surface area contributed by atoms with E-state index in [1.165, 1.54) is 0 Å². The molecule has 2 aromatic rings. The minimum absolute atomic E-state index is 0.0362. The molecule has 1 aromatic heterocycles. The molecule has 0 aliphatic heterocycles. The number of carbonyl (C=O) groups excluding carboxylic acids is 2. The monoisotopic (exact) mass is 445 g/mol. The molecular formula is C21H31N7O4. The molecule has 0 spiro atoms. The largest absolute Gasteiger partial charge is 0.483 e. The Hall–Kier alpha value is -3.34. The van der Waals surface area contributed by atoms with Crippen molar-refractivity contribution in [1.82, 2.24) is 36.2 Å². The Morgan fingerprint density at radius 3 is 2.53 bits per heavy atom. The highest BCUT2D eigenvalue weighted by Crippen LogP contribution is 2.25. The van der Waals surface area contributed by atoms with E-state index < -0.39 is 0 Å². The molecule has 1 saturated carbocycles. The number of nitrogens with one attached hydrogen (secondary N) is 3. The molecule has 0 radical (unpaired) electrons. The highest BCUT2D eigenvalue weighted by Gasteiger charge is 2.27. The highest BCUT2D eigenvalue weighted by atomic mass is 16.3. The van der Waals surface area contributed by atoms with Crippen LogP contribution in [-0.2, 0) is 9.59 Å². The number of rotatable bonds is 8. The number of amides is 2. The Labute approximate surface area is 187 Å². The molecule has 0 saturated heterocycles. The molecule has 0 unspecified atom stereocenters. The molecule has 1 aliphatic carbocycles. The zero-order chi connectivity index (χ0) is 23.3. The predicted molar refractivity (Wildman–Crippen MR) is 118 cm³/mol. The molecule has 2 amide bonds. The summed E-state index contributed by atoms with van der Waals surface area (Å²) in [4.78, 5) is 35.6. The zero-order valence-electron chi connectivity index (χ0n) is 18.5. The van der Waals surface area contributed by atoms with Crippen LogP contribution in [0.5, 0.6) is 0 Å². The summed E-state index contributed by atoms with van der Waals surface area (Å²) in [6, 6.07) is 7.28. The van der Waals surface area contributed by atoms with Crippen LogP contribution in [0.2, 0.25) is 0 Å². The summed E-state index contributed by atoms with van der Waals surface area (Å²) in [5.74, 6) is 0.414. The predicted octanol–water partition coefficient (Wildman–Crippen LogP) is 0.924. The fourth-order valence-corrected chi connectivity index (χ4v) is 3.67. The molecule has 1 fully saturated rings. The van der Waals surface area contributed by atoms with Gasteiger partial charge in [0.2, 0.25) is 11.7 Å². The van der Waals surface area contributed by atoms with Crippen molar-refractivity contribution in [3.63, 3.8) is 0 Å². The lowest BCUT2D eigenvalue weighted by molar-refractivity contribution is -0.126. The van der Waals surface area contributed by atoms with E-state index in [1.54, 1.807) is 12.1 Å². The van der Waals surface area contributed by atoms with Gasteiger partial charge in [0.05, 0.1) is 5.56 Å². The number of carbonyl (C=O) groups is 3. The van der Waals surface area contributed by atoms with Crippen LogP contribution in [0.25, 0.3) is 11.4 Å². The van der Waals surface area contributed by atoms with Crippen molar-refractivity contribution in [3.8, 4) is 11.4 Å². The number of H-pyrrole nitrogens is 1. The number of benzene rings is 1. The van der Waals surface area contributed by atoms with Crippen LogP contribution in [-0.4, -0.2) is 82.1 Å². The first-order chi connectivity index (χ1) is 15.5. The van der Waals surface area contributed by atoms with Gasteiger partial charge in [0.1, 0.15) is 0 Å². The van der Waals surface area contributed by atoms with Gasteiger partial charge in [-0.15, -0.1) is 10.2 Å². The van der Waals surface area contributed by atoms with Gasteiger partial charge in [0.15, 0.2) is 0 Å². The fourth-order valence-electron chi connectivity index (χ4n) is 3.67. The molecule has 32 heavy (non-hydrogen) atoms. The summed E-state index contributed by atoms with van der Waals surface area (Å²) in [6.45, 7) is 1.42. The third kappa shape index (κ3) is 7.73. The summed E-state index contributed by atoms with van der Waals surface area (Å²) in [5.41, 5.74) is 1.17. The molecule has 0 bridgehead atoms. The first kappa shape index (κ1) is 24.9. The van der Waals surface area contributed by atoms with E-state index in [0.29, 0.717) is 23.5 Å². The van der Waals surface area contributed by atoms with Gasteiger partial charge in [-0.3, -0.25) is 14.4 Å². The normalized spacial score (nSPS) is 17.7. The van der Waals surface area contributed by atoms with Crippen molar-refractivity contribution in [2.75, 3.05) is 27.2 Å². The Morgan fingerprint density at radius 1 is 1.22 bits per heavy atom. The SMILES string of the molecule is CN(C)CCCNC(=O)C1CCC(NC(=O)c2ccccc2-c2nn[nH]n2)CC1.O=CO. The molecule has 3 rings (SSSR count). The Balaban J connectivity index is 0.00000114. The summed E-state index contributed by atoms with van der Waals surface area (Å²) >= 11 is 0. The number of tetrazole rings is 1. The lowest BCUT2D eigenvalue weighted by Gasteiger charge is -2.28. The average Bonchev–Trinajstić information content (AvgIpc) is 3.32. The van der Waals surface area contributed by atoms with E-state index in [-0.39, 0.29) is 30.2 Å². The number of hydrogen-bond acceptors (Lipinski definition) is 7. The standard InChI is InChI=1S/C20H29N7O2.CH2O2/c1-27(2)13-5-12-21-19(28)14-8-10-15(11-9-14)22-20(29)17-7-4-3-6-16(17)18-23-25-26-24-18;2-1-3/h3-4,6-7,14-15H,5,8-13H2,1-2H3,(H,21,28)(H,22,29)(H,23,24,25,26);1H,(H,2,3). The van der Waals surface area contributed by atoms with E-state index in [4.69, 9.17) is 9.90 Å². The smallest absolute Gasteiger partial charge is 0.290 e. The van der Waals surface area contributed by atoms with Crippen LogP contribution in [0.3, 0.4) is 0 Å². The number of aromatic amines is 1. The second kappa shape index (κ2) is 13.2. The van der Waals surface area contributed by atoms with Crippen molar-refractivity contribution in [2.45, 2.75) is 38.1 Å². The number of hydrogen-bond donors (Lipinski definition) is 4. The second-order valence-corrected chi connectivity index (χ2v) is 7.86. The van der Waals surface area contributed by atoms with E-state index >= 15 is 0 Å². The van der Waals surface area contributed by atoms with Crippen molar-refractivity contribution >= 4 is 18.3 Å². The molecule has 174 valence electrons. The van der Waals surface area contributed by atoms with E-state index in [0.717, 1.165) is 38.6 Å². The highest BCUT2D eigenvalue weighted by molar-refractivity contribution is 6.00. The number of nitrogens with zero attached hydrogens (tertiary/aromatic N) is 4. The molecule has 1 heterocycles. The first-order valence-electron chi connectivity index (χ1n) is 10.6. The van der Waals surface area contributed by atoms with Crippen molar-refractivity contribution < 1.29 is 19.5 Å². The first-order valence-corrected chi connectivity index (χ1v) is 10.6. The quantitative estimate of drug-likeness (QED) is 0.346. The van der Waals surface area contributed by atoms with Crippen LogP contribution < -0.4 is 10.6 Å². The summed E-state index contributed by atoms with van der Waals surface area (Å²) in [7, 11) is 4.05. The molecule has 4 N–H and O–H groups in total. The lowest BCUT2D eigenvalue weighted by Crippen LogP contribution is -2.41. The topological polar surface area (TPSA) is 153 Å². The minimum Gasteiger partial charge on any atom is -0.483 e.